The summed E-state index contributed by atoms with van der Waals surface area (Å²) in [4.78, 5) is 23.5. The van der Waals surface area contributed by atoms with Gasteiger partial charge in [0.15, 0.2) is 0 Å². The first-order valence-electron chi connectivity index (χ1n) is 6.40. The Balaban J connectivity index is 1.89. The Kier molecular flexibility index (Phi) is 5.24. The van der Waals surface area contributed by atoms with E-state index in [1.165, 1.54) is 0 Å². The van der Waals surface area contributed by atoms with E-state index in [0.717, 1.165) is 11.3 Å². The van der Waals surface area contributed by atoms with Crippen molar-refractivity contribution in [2.75, 3.05) is 5.32 Å². The fourth-order valence-electron chi connectivity index (χ4n) is 1.89. The first kappa shape index (κ1) is 15.4. The third kappa shape index (κ3) is 4.24. The van der Waals surface area contributed by atoms with E-state index >= 15 is 0 Å². The molecule has 0 spiro atoms. The second-order valence-electron chi connectivity index (χ2n) is 4.42. The molecule has 0 aliphatic heterocycles. The molecule has 1 heterocycles. The smallest absolute Gasteiger partial charge is 0.307 e. The Bertz CT molecular complexity index is 706. The highest BCUT2D eigenvalue weighted by atomic mass is 32.1. The van der Waals surface area contributed by atoms with Gasteiger partial charge in [-0.15, -0.1) is 0 Å². The Labute approximate surface area is 131 Å². The Morgan fingerprint density at radius 3 is 2.81 bits per heavy atom. The highest BCUT2D eigenvalue weighted by molar-refractivity contribution is 7.80. The maximum Gasteiger partial charge on any atom is 0.307 e. The van der Waals surface area contributed by atoms with E-state index in [4.69, 9.17) is 18.0 Å². The van der Waals surface area contributed by atoms with Crippen LogP contribution in [0.5, 0.6) is 0 Å². The Hall–Kier alpha value is -1.99. The highest BCUT2D eigenvalue weighted by Crippen LogP contribution is 2.15. The van der Waals surface area contributed by atoms with Gasteiger partial charge in [0.1, 0.15) is 4.99 Å². The lowest BCUT2D eigenvalue weighted by molar-refractivity contribution is -0.116. The predicted octanol–water partition coefficient (Wildman–Crippen LogP) is 1.96. The summed E-state index contributed by atoms with van der Waals surface area (Å²) in [6.07, 6.45) is 2.65. The number of anilines is 1. The number of thiocarbonyl (C=S) groups is 1. The maximum atomic E-state index is 11.9. The molecule has 21 heavy (non-hydrogen) atoms. The number of rotatable bonds is 6. The summed E-state index contributed by atoms with van der Waals surface area (Å²) in [6, 6.07) is 7.15. The third-order valence-electron chi connectivity index (χ3n) is 2.91. The summed E-state index contributed by atoms with van der Waals surface area (Å²) >= 11 is 6.10. The molecule has 0 saturated carbocycles. The number of nitrogens with zero attached hydrogens (tertiary/aromatic N) is 1. The van der Waals surface area contributed by atoms with Crippen molar-refractivity contribution in [3.8, 4) is 0 Å². The average Bonchev–Trinajstić information content (AvgIpc) is 2.85. The van der Waals surface area contributed by atoms with Crippen molar-refractivity contribution in [1.82, 2.24) is 4.57 Å². The van der Waals surface area contributed by atoms with E-state index in [1.54, 1.807) is 28.3 Å². The number of hydrogen-bond acceptors (Lipinski definition) is 4. The molecule has 1 aromatic carbocycles. The lowest BCUT2D eigenvalue weighted by Gasteiger charge is -2.09. The number of aryl methyl sites for hydroxylation is 1. The van der Waals surface area contributed by atoms with E-state index < -0.39 is 0 Å². The number of benzene rings is 1. The van der Waals surface area contributed by atoms with Crippen molar-refractivity contribution in [3.63, 3.8) is 0 Å². The molecule has 7 heteroatoms. The fourth-order valence-corrected chi connectivity index (χ4v) is 2.68. The van der Waals surface area contributed by atoms with Crippen molar-refractivity contribution in [1.29, 1.82) is 0 Å². The van der Waals surface area contributed by atoms with E-state index in [1.807, 2.05) is 12.1 Å². The summed E-state index contributed by atoms with van der Waals surface area (Å²) in [6.45, 7) is 0.534. The lowest BCUT2D eigenvalue weighted by atomic mass is 10.1. The van der Waals surface area contributed by atoms with Gasteiger partial charge in [0, 0.05) is 30.1 Å². The van der Waals surface area contributed by atoms with Crippen LogP contribution in [0.25, 0.3) is 0 Å². The molecule has 0 unspecified atom stereocenters. The molecule has 0 aliphatic carbocycles. The number of nitrogens with two attached hydrogens (primary N) is 1. The standard InChI is InChI=1S/C14H15N3O2S2/c15-13(20)10-4-1-2-5-11(10)16-12(18)6-3-7-17-8-9-21-14(17)19/h1-2,4-5,8-9H,3,6-7H2,(H2,15,20)(H,16,18). The normalized spacial score (nSPS) is 10.3. The van der Waals surface area contributed by atoms with Gasteiger partial charge in [0.25, 0.3) is 0 Å². The van der Waals surface area contributed by atoms with E-state index in [-0.39, 0.29) is 15.8 Å². The number of para-hydroxylation sites is 1. The van der Waals surface area contributed by atoms with Gasteiger partial charge in [-0.25, -0.2) is 0 Å². The van der Waals surface area contributed by atoms with Crippen molar-refractivity contribution < 1.29 is 4.79 Å². The summed E-state index contributed by atoms with van der Waals surface area (Å²) in [5.74, 6) is -0.123. The van der Waals surface area contributed by atoms with Crippen molar-refractivity contribution in [2.24, 2.45) is 5.73 Å². The molecule has 2 aromatic rings. The molecular formula is C14H15N3O2S2. The molecule has 1 amide bonds. The van der Waals surface area contributed by atoms with Crippen LogP contribution < -0.4 is 15.9 Å². The summed E-state index contributed by atoms with van der Waals surface area (Å²) < 4.78 is 1.60. The number of amides is 1. The average molecular weight is 321 g/mol. The summed E-state index contributed by atoms with van der Waals surface area (Å²) in [5.41, 5.74) is 6.88. The van der Waals surface area contributed by atoms with Crippen LogP contribution in [0.3, 0.4) is 0 Å². The van der Waals surface area contributed by atoms with E-state index in [2.05, 4.69) is 5.32 Å². The number of carbonyl (C=O) groups excluding carboxylic acids is 1. The SMILES string of the molecule is NC(=S)c1ccccc1NC(=O)CCCn1ccsc1=O. The van der Waals surface area contributed by atoms with Crippen LogP contribution in [-0.2, 0) is 11.3 Å². The first-order chi connectivity index (χ1) is 10.1. The summed E-state index contributed by atoms with van der Waals surface area (Å²) in [7, 11) is 0. The number of nitrogens with one attached hydrogen (secondary N) is 1. The fraction of sp³-hybridized carbons (Fsp3) is 0.214. The molecule has 1 aromatic heterocycles. The molecule has 2 rings (SSSR count). The van der Waals surface area contributed by atoms with Gasteiger partial charge in [-0.05, 0) is 18.6 Å². The first-order valence-corrected chi connectivity index (χ1v) is 7.69. The topological polar surface area (TPSA) is 77.1 Å². The predicted molar refractivity (Wildman–Crippen MR) is 88.8 cm³/mol. The summed E-state index contributed by atoms with van der Waals surface area (Å²) in [5, 5.41) is 4.53. The Morgan fingerprint density at radius 1 is 1.38 bits per heavy atom. The van der Waals surface area contributed by atoms with Gasteiger partial charge in [-0.3, -0.25) is 9.59 Å². The van der Waals surface area contributed by atoms with Gasteiger partial charge >= 0.3 is 4.87 Å². The molecule has 0 radical (unpaired) electrons. The zero-order valence-corrected chi connectivity index (χ0v) is 12.9. The highest BCUT2D eigenvalue weighted by Gasteiger charge is 2.08. The van der Waals surface area contributed by atoms with Gasteiger partial charge in [-0.1, -0.05) is 35.7 Å². The van der Waals surface area contributed by atoms with Crippen LogP contribution in [0.1, 0.15) is 18.4 Å². The van der Waals surface area contributed by atoms with Crippen LogP contribution in [0.2, 0.25) is 0 Å². The molecule has 3 N–H and O–H groups in total. The maximum absolute atomic E-state index is 11.9. The largest absolute Gasteiger partial charge is 0.389 e. The van der Waals surface area contributed by atoms with Crippen molar-refractivity contribution in [3.05, 3.63) is 51.1 Å². The number of hydrogen-bond donors (Lipinski definition) is 2. The lowest BCUT2D eigenvalue weighted by Crippen LogP contribution is -2.18. The van der Waals surface area contributed by atoms with Crippen LogP contribution in [0.4, 0.5) is 5.69 Å². The minimum Gasteiger partial charge on any atom is -0.389 e. The zero-order chi connectivity index (χ0) is 15.2. The molecule has 110 valence electrons. The second kappa shape index (κ2) is 7.14. The molecule has 0 fully saturated rings. The molecule has 0 atom stereocenters. The monoisotopic (exact) mass is 321 g/mol. The number of thiazole rings is 1. The van der Waals surface area contributed by atoms with Crippen LogP contribution in [-0.4, -0.2) is 15.5 Å². The van der Waals surface area contributed by atoms with E-state index in [0.29, 0.717) is 30.6 Å². The van der Waals surface area contributed by atoms with Gasteiger partial charge in [0.2, 0.25) is 5.91 Å². The molecule has 0 aliphatic rings. The zero-order valence-electron chi connectivity index (χ0n) is 11.2. The minimum absolute atomic E-state index is 0.00534. The van der Waals surface area contributed by atoms with Crippen LogP contribution in [0, 0.1) is 0 Å². The molecule has 0 bridgehead atoms. The van der Waals surface area contributed by atoms with E-state index in [9.17, 15) is 9.59 Å². The number of aromatic nitrogens is 1. The molecular weight excluding hydrogens is 306 g/mol. The third-order valence-corrected chi connectivity index (χ3v) is 3.83. The van der Waals surface area contributed by atoms with Crippen LogP contribution >= 0.6 is 23.6 Å². The molecule has 0 saturated heterocycles. The van der Waals surface area contributed by atoms with Gasteiger partial charge in [-0.2, -0.15) is 0 Å². The molecule has 5 nitrogen and oxygen atoms in total. The Morgan fingerprint density at radius 2 is 2.14 bits per heavy atom. The van der Waals surface area contributed by atoms with Crippen molar-refractivity contribution in [2.45, 2.75) is 19.4 Å². The van der Waals surface area contributed by atoms with Gasteiger partial charge < -0.3 is 15.6 Å². The van der Waals surface area contributed by atoms with Crippen LogP contribution in [0.15, 0.2) is 40.6 Å². The van der Waals surface area contributed by atoms with Gasteiger partial charge in [0.05, 0.1) is 5.69 Å². The quantitative estimate of drug-likeness (QED) is 0.797. The minimum atomic E-state index is -0.123. The number of carbonyl (C=O) groups is 1. The second-order valence-corrected chi connectivity index (χ2v) is 5.72. The van der Waals surface area contributed by atoms with Crippen molar-refractivity contribution >= 4 is 40.1 Å².